The third-order valence-corrected chi connectivity index (χ3v) is 2.50. The molecule has 0 saturated heterocycles. The Balaban J connectivity index is 3.36. The van der Waals surface area contributed by atoms with E-state index in [1.165, 1.54) is 0 Å². The molecule has 0 aliphatic heterocycles. The summed E-state index contributed by atoms with van der Waals surface area (Å²) in [6.07, 6.45) is -7.88. The zero-order valence-corrected chi connectivity index (χ0v) is 10.0. The molecule has 8 heteroatoms. The summed E-state index contributed by atoms with van der Waals surface area (Å²) in [5, 5.41) is 0. The number of carbonyl (C=O) groups is 1. The Morgan fingerprint density at radius 3 is 2.42 bits per heavy atom. The van der Waals surface area contributed by atoms with Gasteiger partial charge < -0.3 is 4.74 Å². The van der Waals surface area contributed by atoms with Gasteiger partial charge in [0.2, 0.25) is 0 Å². The number of methoxy groups -OCH3 is 1. The molecular weight excluding hydrogens is 273 g/mol. The van der Waals surface area contributed by atoms with Gasteiger partial charge in [-0.2, -0.15) is 13.2 Å². The van der Waals surface area contributed by atoms with Crippen molar-refractivity contribution in [2.75, 3.05) is 7.11 Å². The van der Waals surface area contributed by atoms with E-state index in [-0.39, 0.29) is 5.56 Å². The average Bonchev–Trinajstić information content (AvgIpc) is 2.26. The van der Waals surface area contributed by atoms with E-state index in [1.54, 1.807) is 0 Å². The number of carbonyl (C=O) groups excluding carboxylic acids is 1. The number of aromatic nitrogens is 1. The van der Waals surface area contributed by atoms with Crippen LogP contribution < -0.4 is 0 Å². The van der Waals surface area contributed by atoms with Crippen LogP contribution in [0.3, 0.4) is 0 Å². The summed E-state index contributed by atoms with van der Waals surface area (Å²) in [6, 6.07) is 0. The molecule has 1 heterocycles. The number of rotatable bonds is 3. The molecule has 1 rings (SSSR count). The maximum atomic E-state index is 12.9. The second-order valence-electron chi connectivity index (χ2n) is 3.72. The third-order valence-electron chi connectivity index (χ3n) is 2.50. The lowest BCUT2D eigenvalue weighted by Crippen LogP contribution is -2.16. The van der Waals surface area contributed by atoms with Crippen LogP contribution in [0.25, 0.3) is 0 Å². The number of nitrogens with zero attached hydrogens (tertiary/aromatic N) is 1. The van der Waals surface area contributed by atoms with Crippen LogP contribution in [0.2, 0.25) is 0 Å². The molecule has 0 N–H and O–H groups in total. The summed E-state index contributed by atoms with van der Waals surface area (Å²) in [4.78, 5) is 14.1. The fourth-order valence-corrected chi connectivity index (χ4v) is 1.64. The van der Waals surface area contributed by atoms with Crippen LogP contribution in [-0.2, 0) is 22.1 Å². The van der Waals surface area contributed by atoms with Crippen LogP contribution in [0.4, 0.5) is 22.0 Å². The predicted molar refractivity (Wildman–Crippen MR) is 54.7 cm³/mol. The van der Waals surface area contributed by atoms with Crippen molar-refractivity contribution in [3.05, 3.63) is 28.6 Å². The van der Waals surface area contributed by atoms with E-state index in [9.17, 15) is 26.7 Å². The van der Waals surface area contributed by atoms with Gasteiger partial charge in [-0.1, -0.05) is 0 Å². The molecule has 106 valence electrons. The van der Waals surface area contributed by atoms with E-state index >= 15 is 0 Å². The fraction of sp³-hybridized carbons (Fsp3) is 0.455. The topological polar surface area (TPSA) is 39.2 Å². The van der Waals surface area contributed by atoms with E-state index in [2.05, 4.69) is 9.72 Å². The summed E-state index contributed by atoms with van der Waals surface area (Å²) in [7, 11) is 1.05. The van der Waals surface area contributed by atoms with Crippen LogP contribution in [-0.4, -0.2) is 18.1 Å². The molecule has 0 spiro atoms. The van der Waals surface area contributed by atoms with Gasteiger partial charge in [0.15, 0.2) is 0 Å². The normalized spacial score (nSPS) is 11.8. The SMILES string of the molecule is COC(=O)Cc1cnc(C(F)(F)F)c(C)c1C(F)F. The Kier molecular flexibility index (Phi) is 4.43. The Morgan fingerprint density at radius 1 is 1.42 bits per heavy atom. The van der Waals surface area contributed by atoms with E-state index in [1.807, 2.05) is 0 Å². The zero-order valence-electron chi connectivity index (χ0n) is 10.0. The first-order valence-electron chi connectivity index (χ1n) is 5.09. The third kappa shape index (κ3) is 3.39. The van der Waals surface area contributed by atoms with Crippen LogP contribution in [0.1, 0.15) is 28.8 Å². The van der Waals surface area contributed by atoms with Crippen molar-refractivity contribution in [3.8, 4) is 0 Å². The molecule has 3 nitrogen and oxygen atoms in total. The highest BCUT2D eigenvalue weighted by Crippen LogP contribution is 2.35. The lowest BCUT2D eigenvalue weighted by Gasteiger charge is -2.16. The monoisotopic (exact) mass is 283 g/mol. The molecular formula is C11H10F5NO2. The van der Waals surface area contributed by atoms with Crippen molar-refractivity contribution in [2.45, 2.75) is 25.9 Å². The quantitative estimate of drug-likeness (QED) is 0.632. The average molecular weight is 283 g/mol. The molecule has 0 fully saturated rings. The minimum Gasteiger partial charge on any atom is -0.469 e. The maximum Gasteiger partial charge on any atom is 0.433 e. The maximum absolute atomic E-state index is 12.9. The van der Waals surface area contributed by atoms with E-state index in [4.69, 9.17) is 0 Å². The van der Waals surface area contributed by atoms with Crippen molar-refractivity contribution < 1.29 is 31.5 Å². The molecule has 1 aromatic heterocycles. The van der Waals surface area contributed by atoms with Gasteiger partial charge in [0.1, 0.15) is 5.69 Å². The van der Waals surface area contributed by atoms with Crippen molar-refractivity contribution in [3.63, 3.8) is 0 Å². The number of esters is 1. The lowest BCUT2D eigenvalue weighted by atomic mass is 10.00. The number of pyridine rings is 1. The van der Waals surface area contributed by atoms with Gasteiger partial charge in [-0.3, -0.25) is 9.78 Å². The van der Waals surface area contributed by atoms with Crippen molar-refractivity contribution in [1.82, 2.24) is 4.98 Å². The summed E-state index contributed by atoms with van der Waals surface area (Å²) in [6.45, 7) is 0.901. The summed E-state index contributed by atoms with van der Waals surface area (Å²) in [5.74, 6) is -0.831. The lowest BCUT2D eigenvalue weighted by molar-refractivity contribution is -0.141. The van der Waals surface area contributed by atoms with Gasteiger partial charge in [-0.05, 0) is 18.1 Å². The minimum absolute atomic E-state index is 0.271. The highest BCUT2D eigenvalue weighted by molar-refractivity contribution is 5.73. The second-order valence-corrected chi connectivity index (χ2v) is 3.72. The van der Waals surface area contributed by atoms with Crippen molar-refractivity contribution in [2.24, 2.45) is 0 Å². The number of halogens is 5. The Hall–Kier alpha value is -1.73. The summed E-state index contributed by atoms with van der Waals surface area (Å²) >= 11 is 0. The summed E-state index contributed by atoms with van der Waals surface area (Å²) < 4.78 is 67.7. The van der Waals surface area contributed by atoms with Gasteiger partial charge in [0, 0.05) is 11.8 Å². The molecule has 0 saturated carbocycles. The van der Waals surface area contributed by atoms with E-state index in [0.717, 1.165) is 14.0 Å². The first-order chi connectivity index (χ1) is 8.68. The number of hydrogen-bond acceptors (Lipinski definition) is 3. The molecule has 0 aromatic carbocycles. The van der Waals surface area contributed by atoms with Crippen LogP contribution in [0, 0.1) is 6.92 Å². The van der Waals surface area contributed by atoms with Gasteiger partial charge in [0.05, 0.1) is 13.5 Å². The van der Waals surface area contributed by atoms with Crippen molar-refractivity contribution >= 4 is 5.97 Å². The number of alkyl halides is 5. The predicted octanol–water partition coefficient (Wildman–Crippen LogP) is 3.06. The Morgan fingerprint density at radius 2 is 2.00 bits per heavy atom. The minimum atomic E-state index is -4.82. The number of ether oxygens (including phenoxy) is 1. The van der Waals surface area contributed by atoms with Gasteiger partial charge in [-0.25, -0.2) is 8.78 Å². The van der Waals surface area contributed by atoms with Crippen LogP contribution >= 0.6 is 0 Å². The second kappa shape index (κ2) is 5.50. The molecule has 0 aliphatic rings. The van der Waals surface area contributed by atoms with Gasteiger partial charge in [-0.15, -0.1) is 0 Å². The molecule has 0 atom stereocenters. The first-order valence-corrected chi connectivity index (χ1v) is 5.09. The number of hydrogen-bond donors (Lipinski definition) is 0. The molecule has 0 radical (unpaired) electrons. The van der Waals surface area contributed by atoms with Crippen LogP contribution in [0.15, 0.2) is 6.20 Å². The Bertz CT molecular complexity index is 485. The highest BCUT2D eigenvalue weighted by atomic mass is 19.4. The summed E-state index contributed by atoms with van der Waals surface area (Å²) in [5.41, 5.74) is -3.15. The zero-order chi connectivity index (χ0) is 14.8. The first kappa shape index (κ1) is 15.3. The Labute approximate surface area is 105 Å². The van der Waals surface area contributed by atoms with Gasteiger partial charge in [0.25, 0.3) is 6.43 Å². The van der Waals surface area contributed by atoms with Crippen LogP contribution in [0.5, 0.6) is 0 Å². The van der Waals surface area contributed by atoms with E-state index in [0.29, 0.717) is 6.20 Å². The molecule has 19 heavy (non-hydrogen) atoms. The largest absolute Gasteiger partial charge is 0.469 e. The molecule has 1 aromatic rings. The van der Waals surface area contributed by atoms with Crippen molar-refractivity contribution in [1.29, 1.82) is 0 Å². The molecule has 0 unspecified atom stereocenters. The smallest absolute Gasteiger partial charge is 0.433 e. The fourth-order valence-electron chi connectivity index (χ4n) is 1.64. The van der Waals surface area contributed by atoms with E-state index < -0.39 is 41.8 Å². The van der Waals surface area contributed by atoms with Gasteiger partial charge >= 0.3 is 12.1 Å². The standard InChI is InChI=1S/C11H10F5NO2/c1-5-8(10(12)13)6(3-7(18)19-2)4-17-9(5)11(14,15)16/h4,10H,3H2,1-2H3. The molecule has 0 amide bonds. The molecule has 0 aliphatic carbocycles. The highest BCUT2D eigenvalue weighted by Gasteiger charge is 2.37. The molecule has 0 bridgehead atoms.